The number of thiazole rings is 1. The lowest BCUT2D eigenvalue weighted by Gasteiger charge is -2.08. The van der Waals surface area contributed by atoms with Crippen LogP contribution in [0.5, 0.6) is 0 Å². The van der Waals surface area contributed by atoms with Crippen molar-refractivity contribution >= 4 is 54.1 Å². The molecule has 0 N–H and O–H groups in total. The Hall–Kier alpha value is -1.28. The zero-order chi connectivity index (χ0) is 21.1. The van der Waals surface area contributed by atoms with Crippen LogP contribution in [0.4, 0.5) is 0 Å². The third-order valence-electron chi connectivity index (χ3n) is 3.86. The minimum atomic E-state index is -3.29. The summed E-state index contributed by atoms with van der Waals surface area (Å²) in [7, 11) is -6.25. The van der Waals surface area contributed by atoms with E-state index < -0.39 is 19.7 Å². The summed E-state index contributed by atoms with van der Waals surface area (Å²) in [5.74, 6) is 0.924. The lowest BCUT2D eigenvalue weighted by atomic mass is 10.2. The molecule has 0 spiro atoms. The van der Waals surface area contributed by atoms with Crippen LogP contribution in [0.2, 0.25) is 0 Å². The number of hydrogen-bond acceptors (Lipinski definition) is 10. The van der Waals surface area contributed by atoms with E-state index in [2.05, 4.69) is 15.2 Å². The SMILES string of the molecule is CS(=O)(=O)CCCCCn1c(Sc2ncc(S(C)(=O)=O)s2)nnc1-c1cccs1. The summed E-state index contributed by atoms with van der Waals surface area (Å²) in [5, 5.41) is 11.2. The summed E-state index contributed by atoms with van der Waals surface area (Å²) in [5.41, 5.74) is 0. The molecule has 0 aliphatic carbocycles. The minimum absolute atomic E-state index is 0.182. The Labute approximate surface area is 182 Å². The quantitative estimate of drug-likeness (QED) is 0.397. The van der Waals surface area contributed by atoms with E-state index in [1.54, 1.807) is 11.3 Å². The molecule has 3 heterocycles. The largest absolute Gasteiger partial charge is 0.301 e. The Morgan fingerprint density at radius 3 is 2.52 bits per heavy atom. The van der Waals surface area contributed by atoms with Crippen LogP contribution in [0, 0.1) is 0 Å². The molecule has 3 rings (SSSR count). The first-order chi connectivity index (χ1) is 13.6. The highest BCUT2D eigenvalue weighted by Crippen LogP contribution is 2.34. The fourth-order valence-corrected chi connectivity index (χ4v) is 6.87. The molecule has 0 saturated carbocycles. The molecule has 13 heteroatoms. The normalized spacial score (nSPS) is 12.5. The van der Waals surface area contributed by atoms with Crippen molar-refractivity contribution in [2.75, 3.05) is 18.3 Å². The van der Waals surface area contributed by atoms with Crippen LogP contribution in [0.3, 0.4) is 0 Å². The van der Waals surface area contributed by atoms with Crippen molar-refractivity contribution in [2.24, 2.45) is 0 Å². The summed E-state index contributed by atoms with van der Waals surface area (Å²) >= 11 is 3.94. The number of nitrogens with zero attached hydrogens (tertiary/aromatic N) is 4. The summed E-state index contributed by atoms with van der Waals surface area (Å²) < 4.78 is 48.7. The van der Waals surface area contributed by atoms with Crippen LogP contribution >= 0.6 is 34.4 Å². The standard InChI is InChI=1S/C16H20N4O4S5/c1-28(21,22)10-5-3-4-8-20-14(12-7-6-9-25-12)18-19-15(20)27-16-17-11-13(26-16)29(2,23)24/h6-7,9,11H,3-5,8,10H2,1-2H3. The molecule has 0 saturated heterocycles. The van der Waals surface area contributed by atoms with Crippen LogP contribution in [-0.2, 0) is 26.2 Å². The van der Waals surface area contributed by atoms with Crippen molar-refractivity contribution in [3.8, 4) is 10.7 Å². The van der Waals surface area contributed by atoms with Gasteiger partial charge in [-0.1, -0.05) is 23.8 Å². The van der Waals surface area contributed by atoms with Crippen LogP contribution in [0.25, 0.3) is 10.7 Å². The smallest absolute Gasteiger partial charge is 0.198 e. The van der Waals surface area contributed by atoms with E-state index in [1.165, 1.54) is 24.2 Å². The van der Waals surface area contributed by atoms with E-state index in [0.29, 0.717) is 22.5 Å². The minimum Gasteiger partial charge on any atom is -0.301 e. The highest BCUT2D eigenvalue weighted by atomic mass is 32.2. The van der Waals surface area contributed by atoms with Gasteiger partial charge in [0.25, 0.3) is 0 Å². The van der Waals surface area contributed by atoms with Gasteiger partial charge in [0.1, 0.15) is 14.0 Å². The Morgan fingerprint density at radius 1 is 1.10 bits per heavy atom. The molecule has 0 fully saturated rings. The molecule has 0 bridgehead atoms. The second kappa shape index (κ2) is 9.25. The van der Waals surface area contributed by atoms with E-state index in [1.807, 2.05) is 22.1 Å². The third kappa shape index (κ3) is 6.35. The summed E-state index contributed by atoms with van der Waals surface area (Å²) in [6, 6.07) is 3.91. The number of thiophene rings is 1. The Morgan fingerprint density at radius 2 is 1.90 bits per heavy atom. The topological polar surface area (TPSA) is 112 Å². The van der Waals surface area contributed by atoms with Gasteiger partial charge in [0, 0.05) is 24.8 Å². The molecule has 0 amide bonds. The second-order valence-corrected chi connectivity index (χ2v) is 14.1. The maximum atomic E-state index is 11.7. The van der Waals surface area contributed by atoms with E-state index in [0.717, 1.165) is 41.1 Å². The van der Waals surface area contributed by atoms with Crippen molar-refractivity contribution in [1.82, 2.24) is 19.7 Å². The van der Waals surface area contributed by atoms with Crippen molar-refractivity contribution < 1.29 is 16.8 Å². The van der Waals surface area contributed by atoms with Crippen LogP contribution in [0.15, 0.2) is 37.4 Å². The van der Waals surface area contributed by atoms with Crippen LogP contribution < -0.4 is 0 Å². The molecule has 0 aliphatic rings. The van der Waals surface area contributed by atoms with Gasteiger partial charge < -0.3 is 4.57 Å². The van der Waals surface area contributed by atoms with Crippen molar-refractivity contribution in [3.63, 3.8) is 0 Å². The number of hydrogen-bond donors (Lipinski definition) is 0. The predicted molar refractivity (Wildman–Crippen MR) is 116 cm³/mol. The summed E-state index contributed by atoms with van der Waals surface area (Å²) in [6.45, 7) is 0.636. The second-order valence-electron chi connectivity index (χ2n) is 6.45. The van der Waals surface area contributed by atoms with Crippen LogP contribution in [-0.4, -0.2) is 54.8 Å². The monoisotopic (exact) mass is 492 g/mol. The van der Waals surface area contributed by atoms with E-state index >= 15 is 0 Å². The Kier molecular flexibility index (Phi) is 7.14. The summed E-state index contributed by atoms with van der Waals surface area (Å²) in [6.07, 6.45) is 5.93. The molecule has 158 valence electrons. The zero-order valence-corrected chi connectivity index (χ0v) is 19.9. The number of sulfone groups is 2. The van der Waals surface area contributed by atoms with E-state index in [9.17, 15) is 16.8 Å². The fraction of sp³-hybridized carbons (Fsp3) is 0.438. The Balaban J connectivity index is 1.77. The van der Waals surface area contributed by atoms with Gasteiger partial charge in [-0.25, -0.2) is 21.8 Å². The van der Waals surface area contributed by atoms with Gasteiger partial charge in [0.15, 0.2) is 25.2 Å². The lowest BCUT2D eigenvalue weighted by molar-refractivity contribution is 0.563. The van der Waals surface area contributed by atoms with Crippen molar-refractivity contribution in [1.29, 1.82) is 0 Å². The lowest BCUT2D eigenvalue weighted by Crippen LogP contribution is -2.05. The van der Waals surface area contributed by atoms with Gasteiger partial charge >= 0.3 is 0 Å². The maximum Gasteiger partial charge on any atom is 0.198 e. The first-order valence-electron chi connectivity index (χ1n) is 8.62. The number of rotatable bonds is 10. The molecule has 0 atom stereocenters. The van der Waals surface area contributed by atoms with Crippen molar-refractivity contribution in [2.45, 2.75) is 39.5 Å². The third-order valence-corrected chi connectivity index (χ3v) is 9.60. The number of unbranched alkanes of at least 4 members (excludes halogenated alkanes) is 2. The zero-order valence-electron chi connectivity index (χ0n) is 15.8. The first kappa shape index (κ1) is 22.4. The van der Waals surface area contributed by atoms with Crippen molar-refractivity contribution in [3.05, 3.63) is 23.7 Å². The molecule has 0 aromatic carbocycles. The van der Waals surface area contributed by atoms with E-state index in [4.69, 9.17) is 0 Å². The molecule has 29 heavy (non-hydrogen) atoms. The van der Waals surface area contributed by atoms with E-state index in [-0.39, 0.29) is 9.96 Å². The molecule has 0 unspecified atom stereocenters. The van der Waals surface area contributed by atoms with Gasteiger partial charge in [0.05, 0.1) is 11.1 Å². The van der Waals surface area contributed by atoms with Crippen LogP contribution in [0.1, 0.15) is 19.3 Å². The predicted octanol–water partition coefficient (Wildman–Crippen LogP) is 3.23. The van der Waals surface area contributed by atoms with Gasteiger partial charge in [-0.15, -0.1) is 21.5 Å². The Bertz CT molecular complexity index is 1160. The fourth-order valence-electron chi connectivity index (χ4n) is 2.51. The average molecular weight is 493 g/mol. The maximum absolute atomic E-state index is 11.7. The number of aromatic nitrogens is 4. The van der Waals surface area contributed by atoms with Gasteiger partial charge in [-0.2, -0.15) is 0 Å². The molecular weight excluding hydrogens is 473 g/mol. The molecule has 3 aromatic rings. The van der Waals surface area contributed by atoms with Gasteiger partial charge in [-0.3, -0.25) is 0 Å². The highest BCUT2D eigenvalue weighted by Gasteiger charge is 2.19. The molecule has 3 aromatic heterocycles. The molecular formula is C16H20N4O4S5. The highest BCUT2D eigenvalue weighted by molar-refractivity contribution is 8.01. The van der Waals surface area contributed by atoms with Gasteiger partial charge in [-0.05, 0) is 36.0 Å². The first-order valence-corrected chi connectivity index (χ1v) is 15.1. The van der Waals surface area contributed by atoms with Gasteiger partial charge in [0.2, 0.25) is 0 Å². The average Bonchev–Trinajstić information content (AvgIpc) is 3.34. The molecule has 8 nitrogen and oxygen atoms in total. The molecule has 0 aliphatic heterocycles. The molecule has 0 radical (unpaired) electrons. The summed E-state index contributed by atoms with van der Waals surface area (Å²) in [4.78, 5) is 5.17.